The largest absolute Gasteiger partial charge is 0.358 e. The van der Waals surface area contributed by atoms with E-state index in [0.29, 0.717) is 17.9 Å². The van der Waals surface area contributed by atoms with Gasteiger partial charge < -0.3 is 5.32 Å². The summed E-state index contributed by atoms with van der Waals surface area (Å²) in [7, 11) is 1.73. The molecular formula is C13H18N4O2S. The zero-order valence-electron chi connectivity index (χ0n) is 11.8. The Morgan fingerprint density at radius 1 is 1.60 bits per heavy atom. The lowest BCUT2D eigenvalue weighted by molar-refractivity contribution is -0.384. The summed E-state index contributed by atoms with van der Waals surface area (Å²) in [5.74, 6) is 0.470. The van der Waals surface area contributed by atoms with Crippen molar-refractivity contribution in [2.45, 2.75) is 32.7 Å². The summed E-state index contributed by atoms with van der Waals surface area (Å²) < 4.78 is 1.56. The van der Waals surface area contributed by atoms with Crippen molar-refractivity contribution < 1.29 is 4.92 Å². The maximum atomic E-state index is 11.3. The van der Waals surface area contributed by atoms with E-state index in [4.69, 9.17) is 0 Å². The lowest BCUT2D eigenvalue weighted by Crippen LogP contribution is -2.10. The minimum absolute atomic E-state index is 0.00447. The molecular weight excluding hydrogens is 276 g/mol. The smallest absolute Gasteiger partial charge is 0.334 e. The zero-order chi connectivity index (χ0) is 14.7. The summed E-state index contributed by atoms with van der Waals surface area (Å²) in [4.78, 5) is 11.0. The number of hydrogen-bond acceptors (Lipinski definition) is 5. The predicted octanol–water partition coefficient (Wildman–Crippen LogP) is 3.52. The number of thiophene rings is 1. The van der Waals surface area contributed by atoms with Crippen molar-refractivity contribution >= 4 is 22.8 Å². The van der Waals surface area contributed by atoms with Crippen molar-refractivity contribution in [3.05, 3.63) is 38.2 Å². The van der Waals surface area contributed by atoms with E-state index in [-0.39, 0.29) is 16.7 Å². The van der Waals surface area contributed by atoms with E-state index in [9.17, 15) is 10.1 Å². The second-order valence-electron chi connectivity index (χ2n) is 4.70. The van der Waals surface area contributed by atoms with E-state index in [2.05, 4.69) is 10.4 Å². The Morgan fingerprint density at radius 2 is 2.35 bits per heavy atom. The summed E-state index contributed by atoms with van der Waals surface area (Å²) in [6.45, 7) is 3.97. The number of nitrogens with zero attached hydrogens (tertiary/aromatic N) is 3. The van der Waals surface area contributed by atoms with E-state index in [1.54, 1.807) is 23.1 Å². The highest BCUT2D eigenvalue weighted by atomic mass is 32.1. The predicted molar refractivity (Wildman–Crippen MR) is 80.2 cm³/mol. The zero-order valence-corrected chi connectivity index (χ0v) is 12.6. The number of nitro groups is 1. The summed E-state index contributed by atoms with van der Waals surface area (Å²) in [6, 6.07) is 2.02. The van der Waals surface area contributed by atoms with Crippen LogP contribution >= 0.6 is 11.3 Å². The molecule has 0 aliphatic carbocycles. The molecule has 2 aromatic heterocycles. The van der Waals surface area contributed by atoms with Crippen LogP contribution in [0, 0.1) is 10.1 Å². The molecule has 1 unspecified atom stereocenters. The van der Waals surface area contributed by atoms with E-state index >= 15 is 0 Å². The number of aromatic nitrogens is 2. The Bertz CT molecular complexity index is 592. The minimum atomic E-state index is -0.347. The van der Waals surface area contributed by atoms with Gasteiger partial charge in [-0.15, -0.1) is 0 Å². The maximum absolute atomic E-state index is 11.3. The molecule has 1 N–H and O–H groups in total. The van der Waals surface area contributed by atoms with Gasteiger partial charge in [0.25, 0.3) is 0 Å². The van der Waals surface area contributed by atoms with Crippen LogP contribution in [0.5, 0.6) is 0 Å². The van der Waals surface area contributed by atoms with E-state index in [1.165, 1.54) is 0 Å². The summed E-state index contributed by atoms with van der Waals surface area (Å²) >= 11 is 1.61. The fraction of sp³-hybridized carbons (Fsp3) is 0.462. The van der Waals surface area contributed by atoms with Gasteiger partial charge in [-0.3, -0.25) is 10.1 Å². The molecule has 0 bridgehead atoms. The average Bonchev–Trinajstić information content (AvgIpc) is 2.99. The Morgan fingerprint density at radius 3 is 2.90 bits per heavy atom. The number of rotatable bonds is 6. The molecule has 0 fully saturated rings. The highest BCUT2D eigenvalue weighted by Crippen LogP contribution is 2.32. The van der Waals surface area contributed by atoms with Gasteiger partial charge in [0, 0.05) is 7.05 Å². The first-order chi connectivity index (χ1) is 9.54. The molecule has 7 heteroatoms. The molecule has 2 rings (SSSR count). The second-order valence-corrected chi connectivity index (χ2v) is 5.48. The van der Waals surface area contributed by atoms with E-state index < -0.39 is 0 Å². The van der Waals surface area contributed by atoms with Gasteiger partial charge in [-0.05, 0) is 35.7 Å². The third kappa shape index (κ3) is 2.82. The number of anilines is 1. The van der Waals surface area contributed by atoms with Crippen LogP contribution in [0.2, 0.25) is 0 Å². The van der Waals surface area contributed by atoms with Crippen LogP contribution in [0.15, 0.2) is 16.8 Å². The normalized spacial score (nSPS) is 12.3. The fourth-order valence-corrected chi connectivity index (χ4v) is 2.89. The van der Waals surface area contributed by atoms with Crippen LogP contribution in [0.3, 0.4) is 0 Å². The van der Waals surface area contributed by atoms with Crippen molar-refractivity contribution in [2.24, 2.45) is 7.05 Å². The third-order valence-electron chi connectivity index (χ3n) is 3.16. The first kappa shape index (κ1) is 14.5. The second kappa shape index (κ2) is 6.04. The van der Waals surface area contributed by atoms with Crippen LogP contribution < -0.4 is 5.32 Å². The Balaban J connectivity index is 2.33. The molecule has 108 valence electrons. The molecule has 0 saturated heterocycles. The van der Waals surface area contributed by atoms with Gasteiger partial charge in [0.1, 0.15) is 5.69 Å². The topological polar surface area (TPSA) is 73.0 Å². The van der Waals surface area contributed by atoms with Crippen LogP contribution in [-0.2, 0) is 13.5 Å². The quantitative estimate of drug-likeness (QED) is 0.653. The molecule has 1 atom stereocenters. The molecule has 0 aliphatic heterocycles. The Hall–Kier alpha value is -1.89. The first-order valence-electron chi connectivity index (χ1n) is 6.53. The molecule has 0 aromatic carbocycles. The lowest BCUT2D eigenvalue weighted by atomic mass is 10.2. The monoisotopic (exact) mass is 294 g/mol. The average molecular weight is 294 g/mol. The number of aryl methyl sites for hydroxylation is 2. The molecule has 0 amide bonds. The summed E-state index contributed by atoms with van der Waals surface area (Å²) in [5.41, 5.74) is 1.75. The maximum Gasteiger partial charge on any atom is 0.334 e. The van der Waals surface area contributed by atoms with Gasteiger partial charge in [0.15, 0.2) is 0 Å². The molecule has 20 heavy (non-hydrogen) atoms. The van der Waals surface area contributed by atoms with Crippen LogP contribution in [0.25, 0.3) is 0 Å². The van der Waals surface area contributed by atoms with Crippen molar-refractivity contribution in [2.75, 3.05) is 5.32 Å². The number of nitrogens with one attached hydrogen (secondary N) is 1. The molecule has 0 radical (unpaired) electrons. The Labute approximate surface area is 121 Å². The highest BCUT2D eigenvalue weighted by molar-refractivity contribution is 7.07. The Kier molecular flexibility index (Phi) is 4.39. The minimum Gasteiger partial charge on any atom is -0.358 e. The lowest BCUT2D eigenvalue weighted by Gasteiger charge is -2.13. The van der Waals surface area contributed by atoms with Gasteiger partial charge in [0.2, 0.25) is 5.82 Å². The molecule has 6 nitrogen and oxygen atoms in total. The molecule has 2 aromatic rings. The van der Waals surface area contributed by atoms with Crippen molar-refractivity contribution in [3.63, 3.8) is 0 Å². The van der Waals surface area contributed by atoms with E-state index in [1.807, 2.05) is 30.7 Å². The third-order valence-corrected chi connectivity index (χ3v) is 3.86. The SMILES string of the molecule is CCCc1nn(C)c(NC(C)c2ccsc2)c1[N+](=O)[O-]. The van der Waals surface area contributed by atoms with Crippen LogP contribution in [0.1, 0.15) is 37.6 Å². The van der Waals surface area contributed by atoms with Crippen LogP contribution in [0.4, 0.5) is 11.5 Å². The molecule has 2 heterocycles. The molecule has 0 aliphatic rings. The number of hydrogen-bond donors (Lipinski definition) is 1. The van der Waals surface area contributed by atoms with Crippen LogP contribution in [-0.4, -0.2) is 14.7 Å². The van der Waals surface area contributed by atoms with Crippen molar-refractivity contribution in [1.29, 1.82) is 0 Å². The van der Waals surface area contributed by atoms with Gasteiger partial charge in [-0.2, -0.15) is 16.4 Å². The summed E-state index contributed by atoms with van der Waals surface area (Å²) in [5, 5.41) is 22.8. The van der Waals surface area contributed by atoms with Gasteiger partial charge in [-0.1, -0.05) is 13.3 Å². The van der Waals surface area contributed by atoms with Gasteiger partial charge in [0.05, 0.1) is 11.0 Å². The van der Waals surface area contributed by atoms with Gasteiger partial charge in [-0.25, -0.2) is 4.68 Å². The van der Waals surface area contributed by atoms with Gasteiger partial charge >= 0.3 is 5.69 Å². The summed E-state index contributed by atoms with van der Waals surface area (Å²) in [6.07, 6.45) is 1.44. The standard InChI is InChI=1S/C13H18N4O2S/c1-4-5-11-12(17(18)19)13(16(3)15-11)14-9(2)10-6-7-20-8-10/h6-9,14H,4-5H2,1-3H3. The first-order valence-corrected chi connectivity index (χ1v) is 7.47. The fourth-order valence-electron chi connectivity index (χ4n) is 2.14. The molecule has 0 spiro atoms. The van der Waals surface area contributed by atoms with Crippen molar-refractivity contribution in [3.8, 4) is 0 Å². The van der Waals surface area contributed by atoms with E-state index in [0.717, 1.165) is 12.0 Å². The van der Waals surface area contributed by atoms with Crippen molar-refractivity contribution in [1.82, 2.24) is 9.78 Å². The molecule has 0 saturated carbocycles. The highest BCUT2D eigenvalue weighted by Gasteiger charge is 2.27.